The van der Waals surface area contributed by atoms with Crippen molar-refractivity contribution in [1.82, 2.24) is 0 Å². The van der Waals surface area contributed by atoms with Gasteiger partial charge in [-0.2, -0.15) is 0 Å². The quantitative estimate of drug-likeness (QED) is 0.705. The fourth-order valence-corrected chi connectivity index (χ4v) is 1.44. The van der Waals surface area contributed by atoms with Gasteiger partial charge in [0.05, 0.1) is 13.7 Å². The van der Waals surface area contributed by atoms with Crippen molar-refractivity contribution in [2.45, 2.75) is 19.9 Å². The number of hydrogen-bond acceptors (Lipinski definition) is 4. The van der Waals surface area contributed by atoms with Gasteiger partial charge in [0.25, 0.3) is 0 Å². The minimum Gasteiger partial charge on any atom is -0.497 e. The minimum atomic E-state index is 0.433. The first-order valence-electron chi connectivity index (χ1n) is 5.89. The van der Waals surface area contributed by atoms with Crippen molar-refractivity contribution in [2.75, 3.05) is 26.9 Å². The van der Waals surface area contributed by atoms with Crippen LogP contribution in [0.15, 0.2) is 18.2 Å². The predicted molar refractivity (Wildman–Crippen MR) is 67.5 cm³/mol. The van der Waals surface area contributed by atoms with Gasteiger partial charge in [0.1, 0.15) is 18.1 Å². The van der Waals surface area contributed by atoms with Gasteiger partial charge in [-0.3, -0.25) is 0 Å². The van der Waals surface area contributed by atoms with Crippen LogP contribution in [0.4, 0.5) is 0 Å². The molecule has 96 valence electrons. The summed E-state index contributed by atoms with van der Waals surface area (Å²) in [5.41, 5.74) is 6.60. The van der Waals surface area contributed by atoms with Gasteiger partial charge in [-0.05, 0) is 24.6 Å². The molecule has 0 spiro atoms. The molecule has 0 aliphatic heterocycles. The van der Waals surface area contributed by atoms with Gasteiger partial charge in [0, 0.05) is 18.7 Å². The zero-order valence-electron chi connectivity index (χ0n) is 10.6. The monoisotopic (exact) mass is 239 g/mol. The SMILES string of the molecule is CCCOCCOc1ccc(OC)cc1CN. The van der Waals surface area contributed by atoms with Gasteiger partial charge in [-0.1, -0.05) is 6.92 Å². The molecular weight excluding hydrogens is 218 g/mol. The molecule has 17 heavy (non-hydrogen) atoms. The van der Waals surface area contributed by atoms with Gasteiger partial charge < -0.3 is 19.9 Å². The van der Waals surface area contributed by atoms with Gasteiger partial charge in [-0.25, -0.2) is 0 Å². The Morgan fingerprint density at radius 2 is 2.00 bits per heavy atom. The standard InChI is InChI=1S/C13H21NO3/c1-3-6-16-7-8-17-13-5-4-12(15-2)9-11(13)10-14/h4-5,9H,3,6-8,10,14H2,1-2H3. The Labute approximate surface area is 103 Å². The van der Waals surface area contributed by atoms with Crippen LogP contribution in [-0.4, -0.2) is 26.9 Å². The summed E-state index contributed by atoms with van der Waals surface area (Å²) in [6.45, 7) is 4.43. The Balaban J connectivity index is 2.46. The van der Waals surface area contributed by atoms with E-state index in [4.69, 9.17) is 19.9 Å². The van der Waals surface area contributed by atoms with Crippen molar-refractivity contribution in [1.29, 1.82) is 0 Å². The van der Waals surface area contributed by atoms with Crippen LogP contribution < -0.4 is 15.2 Å². The highest BCUT2D eigenvalue weighted by molar-refractivity contribution is 5.40. The van der Waals surface area contributed by atoms with Crippen LogP contribution in [0.1, 0.15) is 18.9 Å². The van der Waals surface area contributed by atoms with Crippen molar-refractivity contribution in [3.05, 3.63) is 23.8 Å². The maximum atomic E-state index is 5.66. The van der Waals surface area contributed by atoms with Crippen LogP contribution in [0.3, 0.4) is 0 Å². The second-order valence-corrected chi connectivity index (χ2v) is 3.64. The Morgan fingerprint density at radius 1 is 1.18 bits per heavy atom. The number of methoxy groups -OCH3 is 1. The molecule has 0 unspecified atom stereocenters. The fraction of sp³-hybridized carbons (Fsp3) is 0.538. The zero-order valence-corrected chi connectivity index (χ0v) is 10.6. The van der Waals surface area contributed by atoms with Gasteiger partial charge in [-0.15, -0.1) is 0 Å². The number of ether oxygens (including phenoxy) is 3. The summed E-state index contributed by atoms with van der Waals surface area (Å²) in [6.07, 6.45) is 1.02. The molecule has 1 aromatic carbocycles. The molecular formula is C13H21NO3. The third kappa shape index (κ3) is 4.63. The molecule has 0 aliphatic rings. The van der Waals surface area contributed by atoms with Crippen LogP contribution in [0.5, 0.6) is 11.5 Å². The maximum absolute atomic E-state index is 5.66. The number of benzene rings is 1. The molecule has 1 rings (SSSR count). The highest BCUT2D eigenvalue weighted by Gasteiger charge is 2.04. The third-order valence-electron chi connectivity index (χ3n) is 2.32. The maximum Gasteiger partial charge on any atom is 0.124 e. The molecule has 0 saturated carbocycles. The Morgan fingerprint density at radius 3 is 2.65 bits per heavy atom. The van der Waals surface area contributed by atoms with Gasteiger partial charge in [0.15, 0.2) is 0 Å². The Hall–Kier alpha value is -1.26. The van der Waals surface area contributed by atoms with Crippen LogP contribution in [0.25, 0.3) is 0 Å². The second kappa shape index (κ2) is 7.92. The zero-order chi connectivity index (χ0) is 12.5. The summed E-state index contributed by atoms with van der Waals surface area (Å²) < 4.78 is 16.1. The predicted octanol–water partition coefficient (Wildman–Crippen LogP) is 1.96. The number of rotatable bonds is 8. The summed E-state index contributed by atoms with van der Waals surface area (Å²) in [7, 11) is 1.63. The number of nitrogens with two attached hydrogens (primary N) is 1. The summed E-state index contributed by atoms with van der Waals surface area (Å²) >= 11 is 0. The van der Waals surface area contributed by atoms with Gasteiger partial charge >= 0.3 is 0 Å². The summed E-state index contributed by atoms with van der Waals surface area (Å²) in [5, 5.41) is 0. The molecule has 4 heteroatoms. The lowest BCUT2D eigenvalue weighted by Gasteiger charge is -2.11. The lowest BCUT2D eigenvalue weighted by Crippen LogP contribution is -2.09. The van der Waals surface area contributed by atoms with Crippen molar-refractivity contribution in [3.63, 3.8) is 0 Å². The Kier molecular flexibility index (Phi) is 6.43. The number of hydrogen-bond donors (Lipinski definition) is 1. The van der Waals surface area contributed by atoms with E-state index in [1.165, 1.54) is 0 Å². The first-order valence-corrected chi connectivity index (χ1v) is 5.89. The molecule has 0 radical (unpaired) electrons. The highest BCUT2D eigenvalue weighted by atomic mass is 16.5. The third-order valence-corrected chi connectivity index (χ3v) is 2.32. The normalized spacial score (nSPS) is 10.3. The molecule has 2 N–H and O–H groups in total. The summed E-state index contributed by atoms with van der Waals surface area (Å²) in [6, 6.07) is 5.63. The van der Waals surface area contributed by atoms with E-state index in [0.29, 0.717) is 19.8 Å². The average molecular weight is 239 g/mol. The molecule has 0 heterocycles. The van der Waals surface area contributed by atoms with Crippen LogP contribution in [0, 0.1) is 0 Å². The molecule has 0 aliphatic carbocycles. The first-order chi connectivity index (χ1) is 8.31. The molecule has 4 nitrogen and oxygen atoms in total. The summed E-state index contributed by atoms with van der Waals surface area (Å²) in [4.78, 5) is 0. The molecule has 0 aromatic heterocycles. The Bertz CT molecular complexity index is 328. The van der Waals surface area contributed by atoms with E-state index in [1.807, 2.05) is 18.2 Å². The smallest absolute Gasteiger partial charge is 0.124 e. The first kappa shape index (κ1) is 13.8. The van der Waals surface area contributed by atoms with E-state index >= 15 is 0 Å². The van der Waals surface area contributed by atoms with Crippen LogP contribution in [-0.2, 0) is 11.3 Å². The van der Waals surface area contributed by atoms with E-state index in [1.54, 1.807) is 7.11 Å². The van der Waals surface area contributed by atoms with Crippen LogP contribution in [0.2, 0.25) is 0 Å². The van der Waals surface area contributed by atoms with Crippen molar-refractivity contribution >= 4 is 0 Å². The average Bonchev–Trinajstić information content (AvgIpc) is 2.38. The molecule has 0 fully saturated rings. The van der Waals surface area contributed by atoms with Gasteiger partial charge in [0.2, 0.25) is 0 Å². The minimum absolute atomic E-state index is 0.433. The highest BCUT2D eigenvalue weighted by Crippen LogP contribution is 2.23. The van der Waals surface area contributed by atoms with E-state index in [0.717, 1.165) is 30.1 Å². The lowest BCUT2D eigenvalue weighted by molar-refractivity contribution is 0.100. The van der Waals surface area contributed by atoms with E-state index in [-0.39, 0.29) is 0 Å². The second-order valence-electron chi connectivity index (χ2n) is 3.64. The summed E-state index contributed by atoms with van der Waals surface area (Å²) in [5.74, 6) is 1.59. The van der Waals surface area contributed by atoms with E-state index in [2.05, 4.69) is 6.92 Å². The van der Waals surface area contributed by atoms with Crippen molar-refractivity contribution < 1.29 is 14.2 Å². The molecule has 0 atom stereocenters. The van der Waals surface area contributed by atoms with Crippen molar-refractivity contribution in [3.8, 4) is 11.5 Å². The molecule has 0 bridgehead atoms. The topological polar surface area (TPSA) is 53.7 Å². The van der Waals surface area contributed by atoms with Crippen molar-refractivity contribution in [2.24, 2.45) is 5.73 Å². The fourth-order valence-electron chi connectivity index (χ4n) is 1.44. The molecule has 0 saturated heterocycles. The molecule has 1 aromatic rings. The van der Waals surface area contributed by atoms with Crippen LogP contribution >= 0.6 is 0 Å². The molecule has 0 amide bonds. The largest absolute Gasteiger partial charge is 0.497 e. The van der Waals surface area contributed by atoms with E-state index in [9.17, 15) is 0 Å². The lowest BCUT2D eigenvalue weighted by atomic mass is 10.2. The van der Waals surface area contributed by atoms with E-state index < -0.39 is 0 Å².